The molecule has 0 aliphatic rings. The number of benzene rings is 1. The molecule has 2 aromatic rings. The molecule has 2 nitrogen and oxygen atoms in total. The number of halogens is 1. The monoisotopic (exact) mass is 234 g/mol. The van der Waals surface area contributed by atoms with Gasteiger partial charge in [0.25, 0.3) is 0 Å². The Balaban J connectivity index is 2.62. The highest BCUT2D eigenvalue weighted by atomic mass is 35.5. The maximum absolute atomic E-state index is 10.9. The van der Waals surface area contributed by atoms with Crippen molar-refractivity contribution in [1.82, 2.24) is 0 Å². The summed E-state index contributed by atoms with van der Waals surface area (Å²) < 4.78 is 5.35. The molecule has 0 aliphatic heterocycles. The van der Waals surface area contributed by atoms with Crippen LogP contribution >= 0.6 is 11.6 Å². The van der Waals surface area contributed by atoms with Crippen molar-refractivity contribution in [2.24, 2.45) is 0 Å². The number of rotatable bonds is 2. The maximum atomic E-state index is 10.9. The summed E-state index contributed by atoms with van der Waals surface area (Å²) in [6.45, 7) is 4.00. The number of hydrogen-bond acceptors (Lipinski definition) is 2. The van der Waals surface area contributed by atoms with E-state index in [9.17, 15) is 4.79 Å². The van der Waals surface area contributed by atoms with Crippen LogP contribution < -0.4 is 0 Å². The van der Waals surface area contributed by atoms with Gasteiger partial charge in [0.15, 0.2) is 11.5 Å². The van der Waals surface area contributed by atoms with Gasteiger partial charge in [-0.3, -0.25) is 4.79 Å². The third-order valence-electron chi connectivity index (χ3n) is 2.48. The van der Waals surface area contributed by atoms with Gasteiger partial charge >= 0.3 is 0 Å². The second-order valence-corrected chi connectivity index (χ2v) is 4.14. The number of furan rings is 1. The maximum Gasteiger partial charge on any atom is 0.194 e. The summed E-state index contributed by atoms with van der Waals surface area (Å²) in [4.78, 5) is 10.9. The predicted octanol–water partition coefficient (Wildman–Crippen LogP) is 4.03. The number of aryl methyl sites for hydroxylation is 2. The number of aldehydes is 1. The molecule has 3 heteroatoms. The quantitative estimate of drug-likeness (QED) is 0.735. The molecule has 0 spiro atoms. The summed E-state index contributed by atoms with van der Waals surface area (Å²) in [5.41, 5.74) is 3.62. The highest BCUT2D eigenvalue weighted by molar-refractivity contribution is 6.29. The van der Waals surface area contributed by atoms with Gasteiger partial charge in [-0.25, -0.2) is 0 Å². The third kappa shape index (κ3) is 1.89. The Kier molecular flexibility index (Phi) is 2.84. The van der Waals surface area contributed by atoms with Crippen LogP contribution in [-0.4, -0.2) is 6.29 Å². The van der Waals surface area contributed by atoms with Gasteiger partial charge in [0.1, 0.15) is 5.76 Å². The van der Waals surface area contributed by atoms with E-state index in [4.69, 9.17) is 16.0 Å². The van der Waals surface area contributed by atoms with E-state index in [1.165, 1.54) is 11.6 Å². The van der Waals surface area contributed by atoms with E-state index in [1.807, 2.05) is 32.0 Å². The molecule has 0 radical (unpaired) electrons. The van der Waals surface area contributed by atoms with Crippen molar-refractivity contribution < 1.29 is 9.21 Å². The zero-order valence-corrected chi connectivity index (χ0v) is 9.84. The number of carbonyl (C=O) groups is 1. The first-order valence-electron chi connectivity index (χ1n) is 4.94. The molecule has 0 aliphatic carbocycles. The van der Waals surface area contributed by atoms with Crippen LogP contribution in [0.4, 0.5) is 0 Å². The topological polar surface area (TPSA) is 30.2 Å². The van der Waals surface area contributed by atoms with E-state index in [2.05, 4.69) is 0 Å². The SMILES string of the molecule is Cc1ccc(-c2oc(Cl)cc2C=O)c(C)c1. The molecular formula is C13H11ClO2. The summed E-state index contributed by atoms with van der Waals surface area (Å²) >= 11 is 5.75. The summed E-state index contributed by atoms with van der Waals surface area (Å²) in [6.07, 6.45) is 0.754. The Morgan fingerprint density at radius 2 is 2.00 bits per heavy atom. The van der Waals surface area contributed by atoms with Crippen molar-refractivity contribution in [3.63, 3.8) is 0 Å². The second-order valence-electron chi connectivity index (χ2n) is 3.77. The molecule has 0 bridgehead atoms. The molecule has 16 heavy (non-hydrogen) atoms. The third-order valence-corrected chi connectivity index (χ3v) is 2.67. The number of carbonyl (C=O) groups excluding carboxylic acids is 1. The first kappa shape index (κ1) is 11.0. The van der Waals surface area contributed by atoms with Crippen LogP contribution in [0.3, 0.4) is 0 Å². The highest BCUT2D eigenvalue weighted by Crippen LogP contribution is 2.31. The zero-order valence-electron chi connectivity index (χ0n) is 9.08. The molecule has 0 N–H and O–H groups in total. The summed E-state index contributed by atoms with van der Waals surface area (Å²) in [7, 11) is 0. The fourth-order valence-electron chi connectivity index (χ4n) is 1.74. The molecule has 82 valence electrons. The van der Waals surface area contributed by atoms with Crippen molar-refractivity contribution in [3.05, 3.63) is 46.2 Å². The Labute approximate surface area is 98.8 Å². The van der Waals surface area contributed by atoms with E-state index in [1.54, 1.807) is 0 Å². The average Bonchev–Trinajstić information content (AvgIpc) is 2.59. The Morgan fingerprint density at radius 1 is 1.25 bits per heavy atom. The standard InChI is InChI=1S/C13H11ClO2/c1-8-3-4-11(9(2)5-8)13-10(7-15)6-12(14)16-13/h3-7H,1-2H3. The molecule has 0 fully saturated rings. The summed E-state index contributed by atoms with van der Waals surface area (Å²) in [6, 6.07) is 7.49. The van der Waals surface area contributed by atoms with Crippen LogP contribution in [0.15, 0.2) is 28.7 Å². The van der Waals surface area contributed by atoms with E-state index in [-0.39, 0.29) is 5.22 Å². The minimum atomic E-state index is 0.233. The van der Waals surface area contributed by atoms with E-state index in [0.717, 1.165) is 17.4 Å². The fourth-order valence-corrected chi connectivity index (χ4v) is 1.93. The van der Waals surface area contributed by atoms with Crippen LogP contribution in [0.5, 0.6) is 0 Å². The lowest BCUT2D eigenvalue weighted by Crippen LogP contribution is -1.86. The number of hydrogen-bond donors (Lipinski definition) is 0. The molecule has 0 unspecified atom stereocenters. The lowest BCUT2D eigenvalue weighted by atomic mass is 10.0. The molecule has 0 amide bonds. The van der Waals surface area contributed by atoms with Crippen LogP contribution in [0.2, 0.25) is 5.22 Å². The van der Waals surface area contributed by atoms with Crippen LogP contribution in [0.1, 0.15) is 21.5 Å². The van der Waals surface area contributed by atoms with Crippen LogP contribution in [0.25, 0.3) is 11.3 Å². The van der Waals surface area contributed by atoms with Crippen molar-refractivity contribution >= 4 is 17.9 Å². The Bertz CT molecular complexity index is 541. The molecule has 1 aromatic carbocycles. The summed E-state index contributed by atoms with van der Waals surface area (Å²) in [5.74, 6) is 0.539. The molecule has 0 saturated heterocycles. The first-order chi connectivity index (χ1) is 7.61. The molecule has 1 aromatic heterocycles. The van der Waals surface area contributed by atoms with E-state index >= 15 is 0 Å². The van der Waals surface area contributed by atoms with E-state index in [0.29, 0.717) is 11.3 Å². The van der Waals surface area contributed by atoms with Gasteiger partial charge in [0.05, 0.1) is 5.56 Å². The summed E-state index contributed by atoms with van der Waals surface area (Å²) in [5, 5.41) is 0.233. The molecule has 1 heterocycles. The van der Waals surface area contributed by atoms with Gasteiger partial charge < -0.3 is 4.42 Å². The van der Waals surface area contributed by atoms with Crippen molar-refractivity contribution in [2.75, 3.05) is 0 Å². The lowest BCUT2D eigenvalue weighted by molar-refractivity contribution is 0.112. The second kappa shape index (κ2) is 4.14. The van der Waals surface area contributed by atoms with Gasteiger partial charge in [-0.1, -0.05) is 23.8 Å². The zero-order chi connectivity index (χ0) is 11.7. The lowest BCUT2D eigenvalue weighted by Gasteiger charge is -2.04. The van der Waals surface area contributed by atoms with Crippen molar-refractivity contribution in [1.29, 1.82) is 0 Å². The van der Waals surface area contributed by atoms with Gasteiger partial charge in [-0.15, -0.1) is 0 Å². The van der Waals surface area contributed by atoms with Crippen molar-refractivity contribution in [2.45, 2.75) is 13.8 Å². The minimum Gasteiger partial charge on any atom is -0.444 e. The molecular weight excluding hydrogens is 224 g/mol. The van der Waals surface area contributed by atoms with E-state index < -0.39 is 0 Å². The Morgan fingerprint density at radius 3 is 2.62 bits per heavy atom. The molecule has 0 atom stereocenters. The minimum absolute atomic E-state index is 0.233. The molecule has 0 saturated carbocycles. The van der Waals surface area contributed by atoms with Crippen molar-refractivity contribution in [3.8, 4) is 11.3 Å². The largest absolute Gasteiger partial charge is 0.444 e. The van der Waals surface area contributed by atoms with Gasteiger partial charge in [0.2, 0.25) is 0 Å². The fraction of sp³-hybridized carbons (Fsp3) is 0.154. The highest BCUT2D eigenvalue weighted by Gasteiger charge is 2.13. The van der Waals surface area contributed by atoms with Gasteiger partial charge in [-0.05, 0) is 31.0 Å². The van der Waals surface area contributed by atoms with Crippen LogP contribution in [-0.2, 0) is 0 Å². The van der Waals surface area contributed by atoms with Crippen LogP contribution in [0, 0.1) is 13.8 Å². The van der Waals surface area contributed by atoms with Gasteiger partial charge in [-0.2, -0.15) is 0 Å². The Hall–Kier alpha value is -1.54. The van der Waals surface area contributed by atoms with Gasteiger partial charge in [0, 0.05) is 11.6 Å². The smallest absolute Gasteiger partial charge is 0.194 e. The first-order valence-corrected chi connectivity index (χ1v) is 5.31. The predicted molar refractivity (Wildman–Crippen MR) is 64.0 cm³/mol. The normalized spacial score (nSPS) is 10.4. The molecule has 2 rings (SSSR count). The average molecular weight is 235 g/mol.